The van der Waals surface area contributed by atoms with Gasteiger partial charge in [-0.15, -0.1) is 0 Å². The highest BCUT2D eigenvalue weighted by Gasteiger charge is 2.26. The van der Waals surface area contributed by atoms with Crippen LogP contribution < -0.4 is 5.32 Å². The minimum Gasteiger partial charge on any atom is -0.464 e. The number of nitrogens with one attached hydrogen (secondary N) is 1. The maximum absolute atomic E-state index is 12.6. The number of nitrogens with zero attached hydrogens (tertiary/aromatic N) is 4. The molecule has 2 amide bonds. The van der Waals surface area contributed by atoms with Crippen molar-refractivity contribution in [3.05, 3.63) is 36.3 Å². The molecule has 0 radical (unpaired) electrons. The second-order valence-electron chi connectivity index (χ2n) is 6.21. The van der Waals surface area contributed by atoms with Crippen molar-refractivity contribution in [1.82, 2.24) is 25.0 Å². The van der Waals surface area contributed by atoms with Gasteiger partial charge in [0.15, 0.2) is 0 Å². The average molecular weight is 347 g/mol. The lowest BCUT2D eigenvalue weighted by Gasteiger charge is -2.32. The Morgan fingerprint density at radius 1 is 1.44 bits per heavy atom. The molecular formula is C17H25N5O3. The molecule has 8 heteroatoms. The monoisotopic (exact) mass is 347 g/mol. The maximum Gasteiger partial charge on any atom is 0.318 e. The molecule has 136 valence electrons. The van der Waals surface area contributed by atoms with Crippen molar-refractivity contribution in [2.45, 2.75) is 38.3 Å². The van der Waals surface area contributed by atoms with E-state index < -0.39 is 0 Å². The summed E-state index contributed by atoms with van der Waals surface area (Å²) >= 11 is 0. The highest BCUT2D eigenvalue weighted by Crippen LogP contribution is 2.22. The van der Waals surface area contributed by atoms with E-state index >= 15 is 0 Å². The number of carbonyl (C=O) groups is 1. The topological polar surface area (TPSA) is 85.4 Å². The quantitative estimate of drug-likeness (QED) is 0.865. The first kappa shape index (κ1) is 17.5. The molecule has 1 N–H and O–H groups in total. The van der Waals surface area contributed by atoms with Crippen LogP contribution in [-0.2, 0) is 11.2 Å². The van der Waals surface area contributed by atoms with Crippen molar-refractivity contribution in [2.24, 2.45) is 0 Å². The summed E-state index contributed by atoms with van der Waals surface area (Å²) in [5, 5.41) is 7.21. The third-order valence-electron chi connectivity index (χ3n) is 4.57. The molecule has 25 heavy (non-hydrogen) atoms. The van der Waals surface area contributed by atoms with E-state index in [0.29, 0.717) is 25.7 Å². The summed E-state index contributed by atoms with van der Waals surface area (Å²) in [5.74, 6) is 1.63. The molecule has 2 aromatic heterocycles. The molecule has 0 bridgehead atoms. The molecule has 2 aromatic rings. The zero-order chi connectivity index (χ0) is 17.6. The van der Waals surface area contributed by atoms with E-state index in [2.05, 4.69) is 15.4 Å². The van der Waals surface area contributed by atoms with Gasteiger partial charge in [-0.25, -0.2) is 14.5 Å². The van der Waals surface area contributed by atoms with Crippen LogP contribution in [-0.4, -0.2) is 52.5 Å². The zero-order valence-corrected chi connectivity index (χ0v) is 14.7. The Morgan fingerprint density at radius 3 is 2.84 bits per heavy atom. The molecule has 0 saturated carbocycles. The molecule has 0 spiro atoms. The van der Waals surface area contributed by atoms with E-state index in [1.165, 1.54) is 0 Å². The predicted octanol–water partition coefficient (Wildman–Crippen LogP) is 2.17. The first-order valence-corrected chi connectivity index (χ1v) is 8.68. The molecule has 1 atom stereocenters. The van der Waals surface area contributed by atoms with Crippen LogP contribution in [0.5, 0.6) is 0 Å². The Morgan fingerprint density at radius 2 is 2.24 bits per heavy atom. The summed E-state index contributed by atoms with van der Waals surface area (Å²) in [7, 11) is 1.62. The van der Waals surface area contributed by atoms with Gasteiger partial charge < -0.3 is 19.4 Å². The molecule has 1 fully saturated rings. The number of likely N-dealkylation sites (tertiary alicyclic amines) is 1. The largest absolute Gasteiger partial charge is 0.464 e. The summed E-state index contributed by atoms with van der Waals surface area (Å²) in [6, 6.07) is 3.77. The van der Waals surface area contributed by atoms with E-state index in [1.54, 1.807) is 19.8 Å². The maximum atomic E-state index is 12.6. The fourth-order valence-corrected chi connectivity index (χ4v) is 3.11. The number of furan rings is 1. The van der Waals surface area contributed by atoms with Crippen molar-refractivity contribution < 1.29 is 13.9 Å². The SMILES string of the molecule is CCc1ccc([C@@H](COC)NC(=O)N2CCC(n3cncn3)CC2)o1. The van der Waals surface area contributed by atoms with Crippen molar-refractivity contribution in [3.63, 3.8) is 0 Å². The van der Waals surface area contributed by atoms with Crippen LogP contribution in [0.3, 0.4) is 0 Å². The standard InChI is InChI=1S/C17H25N5O3/c1-3-14-4-5-16(25-14)15(10-24-2)20-17(23)21-8-6-13(7-9-21)22-12-18-11-19-22/h4-5,11-13,15H,3,6-10H2,1-2H3,(H,20,23)/t15-/m1/s1. The lowest BCUT2D eigenvalue weighted by molar-refractivity contribution is 0.137. The number of hydrogen-bond donors (Lipinski definition) is 1. The van der Waals surface area contributed by atoms with Gasteiger partial charge in [0.1, 0.15) is 30.2 Å². The van der Waals surface area contributed by atoms with Crippen LogP contribution >= 0.6 is 0 Å². The number of urea groups is 1. The van der Waals surface area contributed by atoms with Crippen molar-refractivity contribution in [3.8, 4) is 0 Å². The summed E-state index contributed by atoms with van der Waals surface area (Å²) < 4.78 is 12.9. The minimum absolute atomic E-state index is 0.0893. The normalized spacial score (nSPS) is 16.8. The molecule has 0 aromatic carbocycles. The summed E-state index contributed by atoms with van der Waals surface area (Å²) in [5.41, 5.74) is 0. The Balaban J connectivity index is 1.56. The van der Waals surface area contributed by atoms with Crippen LogP contribution in [0, 0.1) is 0 Å². The lowest BCUT2D eigenvalue weighted by Crippen LogP contribution is -2.46. The second kappa shape index (κ2) is 8.15. The Hall–Kier alpha value is -2.35. The van der Waals surface area contributed by atoms with Gasteiger partial charge in [0.2, 0.25) is 0 Å². The van der Waals surface area contributed by atoms with E-state index in [0.717, 1.165) is 30.8 Å². The Bertz CT molecular complexity index is 662. The van der Waals surface area contributed by atoms with Crippen LogP contribution in [0.4, 0.5) is 4.79 Å². The number of ether oxygens (including phenoxy) is 1. The molecule has 1 saturated heterocycles. The zero-order valence-electron chi connectivity index (χ0n) is 14.7. The van der Waals surface area contributed by atoms with Crippen molar-refractivity contribution >= 4 is 6.03 Å². The molecule has 1 aliphatic heterocycles. The minimum atomic E-state index is -0.286. The number of amides is 2. The van der Waals surface area contributed by atoms with E-state index in [9.17, 15) is 4.79 Å². The molecule has 1 aliphatic rings. The number of aromatic nitrogens is 3. The van der Waals surface area contributed by atoms with Gasteiger partial charge in [-0.1, -0.05) is 6.92 Å². The molecule has 0 aliphatic carbocycles. The second-order valence-corrected chi connectivity index (χ2v) is 6.21. The Kier molecular flexibility index (Phi) is 5.70. The van der Waals surface area contributed by atoms with Crippen molar-refractivity contribution in [2.75, 3.05) is 26.8 Å². The first-order valence-electron chi connectivity index (χ1n) is 8.68. The summed E-state index contributed by atoms with van der Waals surface area (Å²) in [4.78, 5) is 18.4. The predicted molar refractivity (Wildman–Crippen MR) is 91.1 cm³/mol. The van der Waals surface area contributed by atoms with Gasteiger partial charge in [0, 0.05) is 26.6 Å². The smallest absolute Gasteiger partial charge is 0.318 e. The highest BCUT2D eigenvalue weighted by molar-refractivity contribution is 5.74. The van der Waals surface area contributed by atoms with Crippen LogP contribution in [0.2, 0.25) is 0 Å². The number of aryl methyl sites for hydroxylation is 1. The fraction of sp³-hybridized carbons (Fsp3) is 0.588. The van der Waals surface area contributed by atoms with Crippen molar-refractivity contribution in [1.29, 1.82) is 0 Å². The number of carbonyl (C=O) groups excluding carboxylic acids is 1. The average Bonchev–Trinajstić information content (AvgIpc) is 3.33. The van der Waals surface area contributed by atoms with Gasteiger partial charge in [0.25, 0.3) is 0 Å². The van der Waals surface area contributed by atoms with E-state index in [-0.39, 0.29) is 12.1 Å². The van der Waals surface area contributed by atoms with E-state index in [1.807, 2.05) is 28.6 Å². The molecule has 8 nitrogen and oxygen atoms in total. The lowest BCUT2D eigenvalue weighted by atomic mass is 10.1. The van der Waals surface area contributed by atoms with Crippen LogP contribution in [0.15, 0.2) is 29.2 Å². The Labute approximate surface area is 147 Å². The third kappa shape index (κ3) is 4.19. The van der Waals surface area contributed by atoms with Gasteiger partial charge >= 0.3 is 6.03 Å². The molecule has 3 heterocycles. The highest BCUT2D eigenvalue weighted by atomic mass is 16.5. The molecule has 0 unspecified atom stereocenters. The van der Waals surface area contributed by atoms with Gasteiger partial charge in [0.05, 0.1) is 12.6 Å². The number of hydrogen-bond acceptors (Lipinski definition) is 5. The first-order chi connectivity index (χ1) is 12.2. The van der Waals surface area contributed by atoms with Gasteiger partial charge in [-0.2, -0.15) is 5.10 Å². The molecular weight excluding hydrogens is 322 g/mol. The number of rotatable bonds is 6. The summed E-state index contributed by atoms with van der Waals surface area (Å²) in [6.45, 7) is 3.78. The van der Waals surface area contributed by atoms with Crippen LogP contribution in [0.25, 0.3) is 0 Å². The number of piperidine rings is 1. The third-order valence-corrected chi connectivity index (χ3v) is 4.57. The number of methoxy groups -OCH3 is 1. The fourth-order valence-electron chi connectivity index (χ4n) is 3.11. The molecule has 3 rings (SSSR count). The van der Waals surface area contributed by atoms with Gasteiger partial charge in [-0.05, 0) is 25.0 Å². The van der Waals surface area contributed by atoms with Crippen LogP contribution in [0.1, 0.15) is 43.4 Å². The van der Waals surface area contributed by atoms with E-state index in [4.69, 9.17) is 9.15 Å². The summed E-state index contributed by atoms with van der Waals surface area (Å²) in [6.07, 6.45) is 5.84. The van der Waals surface area contributed by atoms with Gasteiger partial charge in [-0.3, -0.25) is 0 Å².